The van der Waals surface area contributed by atoms with Gasteiger partial charge in [0.15, 0.2) is 0 Å². The molecule has 0 spiro atoms. The van der Waals surface area contributed by atoms with Crippen LogP contribution in [0.25, 0.3) is 0 Å². The summed E-state index contributed by atoms with van der Waals surface area (Å²) in [6.07, 6.45) is 6.66. The van der Waals surface area contributed by atoms with E-state index < -0.39 is 8.80 Å². The lowest BCUT2D eigenvalue weighted by Gasteiger charge is -2.36. The molecule has 150 valence electrons. The summed E-state index contributed by atoms with van der Waals surface area (Å²) in [5.74, 6) is 0. The first-order chi connectivity index (χ1) is 12.0. The number of hydrogen-bond donors (Lipinski definition) is 0. The zero-order valence-electron chi connectivity index (χ0n) is 17.1. The molecule has 0 N–H and O–H groups in total. The molecule has 1 aliphatic rings. The van der Waals surface area contributed by atoms with Gasteiger partial charge in [-0.3, -0.25) is 0 Å². The fraction of sp³-hybridized carbons (Fsp3) is 1.00. The molecule has 0 saturated carbocycles. The van der Waals surface area contributed by atoms with Crippen LogP contribution in [0.1, 0.15) is 73.1 Å². The van der Waals surface area contributed by atoms with E-state index in [0.29, 0.717) is 32.5 Å². The minimum Gasteiger partial charge on any atom is -0.373 e. The Hall–Kier alpha value is 0.0169. The van der Waals surface area contributed by atoms with Crippen LogP contribution in [0.5, 0.6) is 0 Å². The Morgan fingerprint density at radius 2 is 1.32 bits per heavy atom. The standard InChI is InChI=1S/C19H40O5Si/c1-6-9-12-22-25(23-13-10-7-2,24-14-11-8-3)17-19(4,5)21-16-18-15-20-18/h18H,6-17H2,1-5H3. The molecule has 0 aliphatic carbocycles. The second-order valence-corrected chi connectivity index (χ2v) is 10.1. The third-order valence-corrected chi connectivity index (χ3v) is 7.38. The molecule has 0 amide bonds. The third kappa shape index (κ3) is 10.7. The summed E-state index contributed by atoms with van der Waals surface area (Å²) >= 11 is 0. The van der Waals surface area contributed by atoms with Crippen LogP contribution in [0.4, 0.5) is 0 Å². The summed E-state index contributed by atoms with van der Waals surface area (Å²) in [6, 6.07) is 0.684. The van der Waals surface area contributed by atoms with Crippen molar-refractivity contribution < 1.29 is 22.8 Å². The van der Waals surface area contributed by atoms with Crippen molar-refractivity contribution in [2.75, 3.05) is 33.0 Å². The number of unbranched alkanes of at least 4 members (excludes halogenated alkanes) is 3. The molecular formula is C19H40O5Si. The first-order valence-corrected chi connectivity index (χ1v) is 12.1. The number of ether oxygens (including phenoxy) is 2. The smallest absolute Gasteiger partial charge is 0.373 e. The largest absolute Gasteiger partial charge is 0.503 e. The molecule has 5 nitrogen and oxygen atoms in total. The van der Waals surface area contributed by atoms with Gasteiger partial charge in [-0.25, -0.2) is 0 Å². The maximum Gasteiger partial charge on any atom is 0.503 e. The van der Waals surface area contributed by atoms with E-state index in [1.165, 1.54) is 0 Å². The molecule has 0 bridgehead atoms. The van der Waals surface area contributed by atoms with E-state index in [-0.39, 0.29) is 11.7 Å². The Kier molecular flexibility index (Phi) is 11.4. The van der Waals surface area contributed by atoms with Crippen LogP contribution >= 0.6 is 0 Å². The minimum absolute atomic E-state index is 0.262. The molecule has 1 fully saturated rings. The fourth-order valence-corrected chi connectivity index (χ4v) is 5.52. The minimum atomic E-state index is -2.76. The van der Waals surface area contributed by atoms with E-state index in [0.717, 1.165) is 45.1 Å². The molecule has 1 saturated heterocycles. The molecule has 1 heterocycles. The van der Waals surface area contributed by atoms with Crippen molar-refractivity contribution in [3.05, 3.63) is 0 Å². The van der Waals surface area contributed by atoms with Crippen LogP contribution in [0.15, 0.2) is 0 Å². The quantitative estimate of drug-likeness (QED) is 0.211. The van der Waals surface area contributed by atoms with Crippen LogP contribution in [0.2, 0.25) is 6.04 Å². The normalized spacial score (nSPS) is 17.9. The molecule has 1 rings (SSSR count). The molecule has 25 heavy (non-hydrogen) atoms. The molecule has 1 unspecified atom stereocenters. The molecule has 1 aliphatic heterocycles. The number of hydrogen-bond acceptors (Lipinski definition) is 5. The topological polar surface area (TPSA) is 49.5 Å². The van der Waals surface area contributed by atoms with E-state index in [2.05, 4.69) is 34.6 Å². The monoisotopic (exact) mass is 376 g/mol. The van der Waals surface area contributed by atoms with Crippen LogP contribution in [0.3, 0.4) is 0 Å². The highest BCUT2D eigenvalue weighted by Gasteiger charge is 2.47. The third-order valence-electron chi connectivity index (χ3n) is 4.16. The molecule has 0 aromatic rings. The maximum absolute atomic E-state index is 6.30. The van der Waals surface area contributed by atoms with Crippen LogP contribution in [-0.4, -0.2) is 53.5 Å². The average Bonchev–Trinajstić information content (AvgIpc) is 3.38. The first-order valence-electron chi connectivity index (χ1n) is 10.1. The van der Waals surface area contributed by atoms with Crippen molar-refractivity contribution in [3.8, 4) is 0 Å². The highest BCUT2D eigenvalue weighted by Crippen LogP contribution is 2.29. The molecule has 1 atom stereocenters. The molecule has 6 heteroatoms. The zero-order valence-corrected chi connectivity index (χ0v) is 18.1. The van der Waals surface area contributed by atoms with Gasteiger partial charge >= 0.3 is 8.80 Å². The van der Waals surface area contributed by atoms with Gasteiger partial charge in [-0.1, -0.05) is 40.0 Å². The molecule has 0 aromatic carbocycles. The van der Waals surface area contributed by atoms with Crippen LogP contribution in [0, 0.1) is 0 Å². The van der Waals surface area contributed by atoms with Gasteiger partial charge in [0, 0.05) is 25.9 Å². The van der Waals surface area contributed by atoms with E-state index in [9.17, 15) is 0 Å². The summed E-state index contributed by atoms with van der Waals surface area (Å²) in [5.41, 5.74) is -0.344. The van der Waals surface area contributed by atoms with Gasteiger partial charge in [0.25, 0.3) is 0 Å². The van der Waals surface area contributed by atoms with Gasteiger partial charge in [0.05, 0.1) is 18.8 Å². The van der Waals surface area contributed by atoms with E-state index >= 15 is 0 Å². The van der Waals surface area contributed by atoms with Crippen molar-refractivity contribution in [2.24, 2.45) is 0 Å². The van der Waals surface area contributed by atoms with Gasteiger partial charge in [-0.2, -0.15) is 0 Å². The first kappa shape index (κ1) is 23.1. The highest BCUT2D eigenvalue weighted by atomic mass is 28.4. The Morgan fingerprint density at radius 1 is 0.880 bits per heavy atom. The van der Waals surface area contributed by atoms with Crippen molar-refractivity contribution in [1.82, 2.24) is 0 Å². The van der Waals surface area contributed by atoms with Crippen LogP contribution in [-0.2, 0) is 22.8 Å². The summed E-state index contributed by atoms with van der Waals surface area (Å²) in [5, 5.41) is 0. The van der Waals surface area contributed by atoms with Crippen molar-refractivity contribution >= 4 is 8.80 Å². The predicted molar refractivity (Wildman–Crippen MR) is 103 cm³/mol. The fourth-order valence-electron chi connectivity index (χ4n) is 2.45. The maximum atomic E-state index is 6.30. The Balaban J connectivity index is 2.72. The lowest BCUT2D eigenvalue weighted by Crippen LogP contribution is -2.52. The SMILES string of the molecule is CCCCO[Si](CC(C)(C)OCC1CO1)(OCCCC)OCCCC. The number of epoxide rings is 1. The summed E-state index contributed by atoms with van der Waals surface area (Å²) < 4.78 is 30.3. The highest BCUT2D eigenvalue weighted by molar-refractivity contribution is 6.61. The Bertz CT molecular complexity index is 307. The van der Waals surface area contributed by atoms with Gasteiger partial charge in [-0.05, 0) is 33.1 Å². The van der Waals surface area contributed by atoms with Crippen molar-refractivity contribution in [2.45, 2.75) is 90.9 Å². The summed E-state index contributed by atoms with van der Waals surface area (Å²) in [7, 11) is -2.76. The van der Waals surface area contributed by atoms with Crippen LogP contribution < -0.4 is 0 Å². The second kappa shape index (κ2) is 12.4. The Labute approximate surface area is 156 Å². The van der Waals surface area contributed by atoms with E-state index in [1.54, 1.807) is 0 Å². The lowest BCUT2D eigenvalue weighted by molar-refractivity contribution is -0.0327. The second-order valence-electron chi connectivity index (χ2n) is 7.49. The lowest BCUT2D eigenvalue weighted by atomic mass is 10.2. The van der Waals surface area contributed by atoms with Gasteiger partial charge in [-0.15, -0.1) is 0 Å². The van der Waals surface area contributed by atoms with Gasteiger partial charge in [0.2, 0.25) is 0 Å². The van der Waals surface area contributed by atoms with Crippen molar-refractivity contribution in [1.29, 1.82) is 0 Å². The van der Waals surface area contributed by atoms with E-state index in [1.807, 2.05) is 0 Å². The summed E-state index contributed by atoms with van der Waals surface area (Å²) in [4.78, 5) is 0. The zero-order chi connectivity index (χ0) is 18.6. The number of rotatable bonds is 17. The van der Waals surface area contributed by atoms with Gasteiger partial charge in [0.1, 0.15) is 6.10 Å². The average molecular weight is 377 g/mol. The molecular weight excluding hydrogens is 336 g/mol. The van der Waals surface area contributed by atoms with Crippen molar-refractivity contribution in [3.63, 3.8) is 0 Å². The van der Waals surface area contributed by atoms with E-state index in [4.69, 9.17) is 22.8 Å². The molecule has 0 radical (unpaired) electrons. The van der Waals surface area contributed by atoms with Gasteiger partial charge < -0.3 is 22.8 Å². The molecule has 0 aromatic heterocycles. The predicted octanol–water partition coefficient (Wildman–Crippen LogP) is 4.57. The summed E-state index contributed by atoms with van der Waals surface area (Å²) in [6.45, 7) is 14.3. The Morgan fingerprint density at radius 3 is 1.68 bits per heavy atom.